The fourth-order valence-electron chi connectivity index (χ4n) is 4.63. The minimum atomic E-state index is -6.30. The van der Waals surface area contributed by atoms with Crippen LogP contribution in [0.2, 0.25) is 0 Å². The Morgan fingerprint density at radius 1 is 0.326 bits per heavy atom. The summed E-state index contributed by atoms with van der Waals surface area (Å²) < 4.78 is 306. The predicted octanol–water partition coefficient (Wildman–Crippen LogP) is -34.8. The molecule has 9 atom stereocenters. The van der Waals surface area contributed by atoms with Crippen molar-refractivity contribution < 1.29 is 261 Å². The molecule has 572 valence electrons. The van der Waals surface area contributed by atoms with Crippen LogP contribution in [0.4, 0.5) is 0 Å². The van der Waals surface area contributed by atoms with Gasteiger partial charge in [-0.3, -0.25) is 36.4 Å². The molecular weight excluding hydrogens is 1590 g/mol. The Morgan fingerprint density at radius 2 is 0.584 bits per heavy atom. The molecule has 0 aromatic carbocycles. The first-order chi connectivity index (χ1) is 26.7. The maximum Gasteiger partial charge on any atom is 0.399 e. The standard InChI is InChI=1S/C11H20O35S8.C4H10N2.9Al.20H2O.27H/c12-47(13,14)36-1-3-4(41-49(18,19)20)5(42-50(21,22)23)6(43-51(24,25)26)9(38-3)39-11(2-37-48(15,16)17)8(45-53(30,31)32)7(44-52(27,28)29)10(40-11)46-54(33,34)35;1-2-6-4-3-5-1;;;;;;;;;;;;;;;;;;;;;;;;;;;;;;;;;;;;;;;;;;;;;;;;;;;;;;;;/h3-10H,1-2H2,(H,12,13,14)(H,15,16,17)(H,18,19,20)(H,21,22,23)(H,24,25,26)(H,27,28,29)(H,30,31,32)(H,33,34,35);5-6H,1-4H2;;;;;;;;;;20*1H2;;;;;;;;;;;;;;;;;;;;;;;;;;;/t3-,4-,5+,6-,7+,8+,9+,10-,11-;;;;;;;;;;;;;;;;;;;;;;;;;;;;;;;;;;;;;;;;;;;;;;;;;;;;;;;;;/m1........................................................./s1. The van der Waals surface area contributed by atoms with Crippen molar-refractivity contribution in [3.05, 3.63) is 0 Å². The topological polar surface area (TPSA) is 1190 Å². The molecule has 0 unspecified atom stereocenters. The molecule has 0 radical (unpaired) electrons. The zero-order valence-electron chi connectivity index (χ0n) is 38.2. The van der Waals surface area contributed by atoms with Crippen molar-refractivity contribution in [1.29, 1.82) is 0 Å². The van der Waals surface area contributed by atoms with Gasteiger partial charge in [0.25, 0.3) is 0 Å². The summed E-state index contributed by atoms with van der Waals surface area (Å²) in [6, 6.07) is 0. The lowest BCUT2D eigenvalue weighted by Gasteiger charge is -2.45. The number of hydrogen-bond acceptors (Lipinski definition) is 29. The number of piperazine rings is 1. The molecule has 3 fully saturated rings. The van der Waals surface area contributed by atoms with Gasteiger partial charge in [-0.05, 0) is 0 Å². The monoisotopic (exact) mass is 1680 g/mol. The second kappa shape index (κ2) is 73.5. The molecule has 0 saturated carbocycles. The van der Waals surface area contributed by atoms with Gasteiger partial charge in [0.1, 0.15) is 24.9 Å². The highest BCUT2D eigenvalue weighted by atomic mass is 32.3. The summed E-state index contributed by atoms with van der Waals surface area (Å²) in [5, 5.41) is 6.44. The largest absolute Gasteiger partial charge is 0.412 e. The maximum absolute atomic E-state index is 11.8. The number of hydrogen-bond donors (Lipinski definition) is 10. The lowest BCUT2D eigenvalue weighted by atomic mass is 9.99. The molecule has 0 amide bonds. The van der Waals surface area contributed by atoms with Crippen LogP contribution < -0.4 is 10.6 Å². The molecule has 3 saturated heterocycles. The van der Waals surface area contributed by atoms with E-state index in [0.29, 0.717) is 0 Å². The van der Waals surface area contributed by atoms with E-state index >= 15 is 0 Å². The van der Waals surface area contributed by atoms with Crippen LogP contribution in [0.25, 0.3) is 0 Å². The van der Waals surface area contributed by atoms with Gasteiger partial charge in [-0.1, -0.05) is 0 Å². The lowest BCUT2D eigenvalue weighted by molar-refractivity contribution is -0.379. The highest BCUT2D eigenvalue weighted by Gasteiger charge is 2.66. The first-order valence-electron chi connectivity index (χ1n) is 14.3. The fraction of sp³-hybridized carbons (Fsp3) is 1.00. The summed E-state index contributed by atoms with van der Waals surface area (Å²) in [4.78, 5) is 0. The highest BCUT2D eigenvalue weighted by molar-refractivity contribution is 7.82. The van der Waals surface area contributed by atoms with Gasteiger partial charge >= 0.3 is 83.2 Å². The fourth-order valence-corrected chi connectivity index (χ4v) is 8.12. The number of rotatable bonds is 20. The van der Waals surface area contributed by atoms with E-state index in [4.69, 9.17) is 27.9 Å². The van der Waals surface area contributed by atoms with Crippen molar-refractivity contribution in [2.45, 2.75) is 55.0 Å². The molecule has 74 heteroatoms. The van der Waals surface area contributed by atoms with Crippen LogP contribution in [0.15, 0.2) is 0 Å². The van der Waals surface area contributed by atoms with Crippen molar-refractivity contribution in [3.8, 4) is 0 Å². The molecule has 3 rings (SSSR count). The molecule has 0 aromatic heterocycles. The molecule has 3 aliphatic heterocycles. The summed E-state index contributed by atoms with van der Waals surface area (Å²) >= 11 is 0. The van der Waals surface area contributed by atoms with E-state index in [0.717, 1.165) is 26.2 Å². The van der Waals surface area contributed by atoms with Crippen molar-refractivity contribution in [1.82, 2.24) is 10.6 Å². The van der Waals surface area contributed by atoms with Gasteiger partial charge in [-0.25, -0.2) is 33.5 Å². The number of nitrogens with one attached hydrogen (secondary N) is 2. The third kappa shape index (κ3) is 78.0. The molecule has 89 heavy (non-hydrogen) atoms. The van der Waals surface area contributed by atoms with Crippen LogP contribution in [0, 0.1) is 0 Å². The summed E-state index contributed by atoms with van der Waals surface area (Å²) in [7, 11) is -48.9. The third-order valence-corrected chi connectivity index (χ3v) is 9.94. The van der Waals surface area contributed by atoms with Gasteiger partial charge in [0, 0.05) is 26.2 Å². The van der Waals surface area contributed by atoms with Crippen molar-refractivity contribution in [3.63, 3.8) is 0 Å². The molecule has 50 N–H and O–H groups in total. The van der Waals surface area contributed by atoms with Gasteiger partial charge in [-0.15, -0.1) is 0 Å². The zero-order chi connectivity index (χ0) is 46.6. The molecule has 3 aliphatic rings. The van der Waals surface area contributed by atoms with Gasteiger partial charge in [0.2, 0.25) is 12.1 Å². The highest BCUT2D eigenvalue weighted by Crippen LogP contribution is 2.43. The molecule has 57 nitrogen and oxygen atoms in total. The number of ether oxygens (including phenoxy) is 3. The van der Waals surface area contributed by atoms with Crippen molar-refractivity contribution in [2.24, 2.45) is 0 Å². The third-order valence-electron chi connectivity index (χ3n) is 6.34. The van der Waals surface area contributed by atoms with Gasteiger partial charge < -0.3 is 134 Å². The summed E-state index contributed by atoms with van der Waals surface area (Å²) in [5.41, 5.74) is 0. The van der Waals surface area contributed by atoms with E-state index < -0.39 is 151 Å². The van der Waals surface area contributed by atoms with Crippen LogP contribution >= 0.6 is 0 Å². The molecular formula is C15H97Al9N2O55S8. The Balaban J connectivity index is -0.0000000386. The second-order valence-corrected chi connectivity index (χ2v) is 19.3. The Labute approximate surface area is 599 Å². The molecule has 0 aliphatic carbocycles. The van der Waals surface area contributed by atoms with Gasteiger partial charge in [0.05, 0.1) is 6.61 Å². The Morgan fingerprint density at radius 3 is 0.843 bits per heavy atom. The average molecular weight is 1690 g/mol. The minimum absolute atomic E-state index is 0. The van der Waals surface area contributed by atoms with Crippen LogP contribution in [-0.4, -0.2) is 464 Å². The zero-order valence-corrected chi connectivity index (χ0v) is 44.8. The molecule has 0 bridgehead atoms. The second-order valence-electron chi connectivity index (χ2n) is 10.8. The van der Waals surface area contributed by atoms with Crippen LogP contribution in [0.3, 0.4) is 0 Å². The van der Waals surface area contributed by atoms with E-state index in [1.807, 2.05) is 0 Å². The molecule has 0 spiro atoms. The SMILES string of the molecule is C1CNCCN1.O.O.O.O.O.O.O.O.O.O.O.O.O.O.O.O.O.O.O.O.O=S(=O)(O)OC[C@H]1O[C@@H](O[C@]2(COS(=O)(=O)O)O[C@H](OS(=O)(=O)O)[C@@H](OS(=O)(=O)O)[C@@H]2OS(=O)(=O)O)[C@H](OS(=O)(=O)O)[C@@H](OS(=O)(=O)O)[C@@H]1OS(=O)(=O)O.[AlH3].[AlH3].[AlH3].[AlH3].[AlH3].[AlH3].[AlH3].[AlH3].[AlH3]. The molecule has 0 aromatic rings. The van der Waals surface area contributed by atoms with Crippen LogP contribution in [-0.2, 0) is 131 Å². The summed E-state index contributed by atoms with van der Waals surface area (Å²) in [6.07, 6.45) is -27.2. The van der Waals surface area contributed by atoms with Crippen molar-refractivity contribution >= 4 is 239 Å². The first kappa shape index (κ1) is 186. The van der Waals surface area contributed by atoms with E-state index in [9.17, 15) is 90.1 Å². The Bertz CT molecular complexity index is 2420. The predicted molar refractivity (Wildman–Crippen MR) is 335 cm³/mol. The van der Waals surface area contributed by atoms with E-state index in [2.05, 4.69) is 44.1 Å². The molecule has 3 heterocycles. The lowest BCUT2D eigenvalue weighted by Crippen LogP contribution is -2.65. The quantitative estimate of drug-likeness (QED) is 0.0400. The van der Waals surface area contributed by atoms with Crippen molar-refractivity contribution in [2.75, 3.05) is 39.4 Å². The normalized spacial score (nSPS) is 20.4. The Hall–Kier alpha value is 2.75. The van der Waals surface area contributed by atoms with Gasteiger partial charge in [0.15, 0.2) is 181 Å². The van der Waals surface area contributed by atoms with E-state index in [-0.39, 0.29) is 266 Å². The maximum atomic E-state index is 11.8. The Kier molecular flexibility index (Phi) is 153. The van der Waals surface area contributed by atoms with Crippen LogP contribution in [0.5, 0.6) is 0 Å². The van der Waals surface area contributed by atoms with Gasteiger partial charge in [-0.2, -0.15) is 67.3 Å². The minimum Gasteiger partial charge on any atom is -0.412 e. The summed E-state index contributed by atoms with van der Waals surface area (Å²) in [5.74, 6) is -4.27. The smallest absolute Gasteiger partial charge is 0.399 e. The first-order valence-corrected chi connectivity index (χ1v) is 25.2. The van der Waals surface area contributed by atoms with E-state index in [1.165, 1.54) is 0 Å². The summed E-state index contributed by atoms with van der Waals surface area (Å²) in [6.45, 7) is 0.105. The van der Waals surface area contributed by atoms with E-state index in [1.54, 1.807) is 0 Å². The van der Waals surface area contributed by atoms with Crippen LogP contribution in [0.1, 0.15) is 0 Å². The average Bonchev–Trinajstić information content (AvgIpc) is 3.24.